The summed E-state index contributed by atoms with van der Waals surface area (Å²) < 4.78 is 32.1. The van der Waals surface area contributed by atoms with Crippen LogP contribution in [0, 0.1) is 0 Å². The maximum Gasteiger partial charge on any atom is 0.319 e. The summed E-state index contributed by atoms with van der Waals surface area (Å²) in [6.45, 7) is 5.23. The molecule has 2 heterocycles. The van der Waals surface area contributed by atoms with E-state index in [1.807, 2.05) is 37.2 Å². The van der Waals surface area contributed by atoms with E-state index in [0.717, 1.165) is 44.2 Å². The third-order valence-electron chi connectivity index (χ3n) is 7.08. The van der Waals surface area contributed by atoms with Crippen LogP contribution in [0.25, 0.3) is 11.4 Å². The second-order valence-electron chi connectivity index (χ2n) is 10.5. The number of anilines is 2. The van der Waals surface area contributed by atoms with Gasteiger partial charge >= 0.3 is 6.03 Å². The average Bonchev–Trinajstić information content (AvgIpc) is 2.89. The Morgan fingerprint density at radius 3 is 2.55 bits per heavy atom. The molecule has 1 atom stereocenters. The Labute approximate surface area is 226 Å². The number of carbonyl (C=O) groups is 1. The minimum Gasteiger partial charge on any atom is -0.377 e. The van der Waals surface area contributed by atoms with Crippen molar-refractivity contribution in [2.24, 2.45) is 0 Å². The fraction of sp³-hybridized carbons (Fsp3) is 0.593. The van der Waals surface area contributed by atoms with E-state index in [4.69, 9.17) is 14.7 Å². The monoisotopic (exact) mass is 544 g/mol. The number of carbonyl (C=O) groups excluding carboxylic acids is 1. The first kappa shape index (κ1) is 28.3. The molecule has 0 bridgehead atoms. The van der Waals surface area contributed by atoms with Crippen molar-refractivity contribution in [2.45, 2.75) is 56.1 Å². The van der Waals surface area contributed by atoms with E-state index >= 15 is 0 Å². The molecule has 2 aromatic rings. The van der Waals surface area contributed by atoms with Crippen LogP contribution in [-0.2, 0) is 20.3 Å². The first-order valence-electron chi connectivity index (χ1n) is 13.5. The fourth-order valence-electron chi connectivity index (χ4n) is 4.92. The molecule has 1 aliphatic carbocycles. The summed E-state index contributed by atoms with van der Waals surface area (Å²) in [6.07, 6.45) is 4.48. The van der Waals surface area contributed by atoms with Gasteiger partial charge in [-0.3, -0.25) is 0 Å². The summed E-state index contributed by atoms with van der Waals surface area (Å²) in [5.41, 5.74) is 1.91. The molecule has 2 fully saturated rings. The number of nitrogens with one attached hydrogen (secondary N) is 2. The molecule has 1 saturated carbocycles. The van der Waals surface area contributed by atoms with Gasteiger partial charge < -0.3 is 25.2 Å². The van der Waals surface area contributed by atoms with E-state index in [2.05, 4.69) is 22.5 Å². The highest BCUT2D eigenvalue weighted by molar-refractivity contribution is 7.91. The number of hydrogen-bond acceptors (Lipinski definition) is 8. The second kappa shape index (κ2) is 12.9. The van der Waals surface area contributed by atoms with E-state index < -0.39 is 9.84 Å². The summed E-state index contributed by atoms with van der Waals surface area (Å²) >= 11 is 0. The van der Waals surface area contributed by atoms with Gasteiger partial charge in [-0.1, -0.05) is 19.3 Å². The molecule has 2 N–H and O–H groups in total. The molecule has 1 aromatic carbocycles. The van der Waals surface area contributed by atoms with Crippen LogP contribution in [0.15, 0.2) is 30.3 Å². The molecular formula is C27H40N6O4S. The summed E-state index contributed by atoms with van der Waals surface area (Å²) in [6, 6.07) is 8.95. The predicted octanol–water partition coefficient (Wildman–Crippen LogP) is 3.30. The van der Waals surface area contributed by atoms with Crippen LogP contribution in [0.5, 0.6) is 0 Å². The van der Waals surface area contributed by atoms with Gasteiger partial charge in [-0.2, -0.15) is 0 Å². The topological polar surface area (TPSA) is 117 Å². The standard InChI is InChI=1S/C27H40N6O4S/c1-20-18-37-16-15-33(20)25-17-23(19-38(35,36)24-7-5-4-6-8-24)29-26(31-25)21-9-11-22(12-10-21)30-27(34)28-13-14-32(2)3/h9-12,17,20,24H,4-8,13-16,18-19H2,1-3H3,(H2,28,30,34)/t20-/m0/s1. The molecule has 10 nitrogen and oxygen atoms in total. The van der Waals surface area contributed by atoms with Crippen molar-refractivity contribution in [1.29, 1.82) is 0 Å². The molecule has 11 heteroatoms. The number of aromatic nitrogens is 2. The lowest BCUT2D eigenvalue weighted by Gasteiger charge is -2.34. The number of nitrogens with zero attached hydrogens (tertiary/aromatic N) is 4. The van der Waals surface area contributed by atoms with Gasteiger partial charge in [0.1, 0.15) is 5.82 Å². The minimum absolute atomic E-state index is 0.0916. The van der Waals surface area contributed by atoms with Crippen LogP contribution in [0.2, 0.25) is 0 Å². The number of hydrogen-bond donors (Lipinski definition) is 2. The van der Waals surface area contributed by atoms with Gasteiger partial charge in [0.05, 0.1) is 36.0 Å². The Morgan fingerprint density at radius 1 is 1.13 bits per heavy atom. The van der Waals surface area contributed by atoms with Gasteiger partial charge in [-0.15, -0.1) is 0 Å². The van der Waals surface area contributed by atoms with Crippen molar-refractivity contribution in [2.75, 3.05) is 57.2 Å². The lowest BCUT2D eigenvalue weighted by Crippen LogP contribution is -2.44. The van der Waals surface area contributed by atoms with Gasteiger partial charge in [0, 0.05) is 37.0 Å². The number of sulfone groups is 1. The van der Waals surface area contributed by atoms with Crippen molar-refractivity contribution >= 4 is 27.4 Å². The number of ether oxygens (including phenoxy) is 1. The number of rotatable bonds is 9. The van der Waals surface area contributed by atoms with Crippen molar-refractivity contribution in [3.63, 3.8) is 0 Å². The Bertz CT molecular complexity index is 1180. The molecule has 2 aliphatic rings. The van der Waals surface area contributed by atoms with Crippen LogP contribution >= 0.6 is 0 Å². The second-order valence-corrected chi connectivity index (χ2v) is 12.8. The number of morpholine rings is 1. The van der Waals surface area contributed by atoms with Crippen LogP contribution < -0.4 is 15.5 Å². The molecule has 38 heavy (non-hydrogen) atoms. The van der Waals surface area contributed by atoms with E-state index in [-0.39, 0.29) is 23.1 Å². The molecule has 2 amide bonds. The number of amides is 2. The van der Waals surface area contributed by atoms with Gasteiger partial charge in [0.15, 0.2) is 15.7 Å². The minimum atomic E-state index is -3.32. The number of likely N-dealkylation sites (N-methyl/N-ethyl adjacent to an activating group) is 1. The average molecular weight is 545 g/mol. The highest BCUT2D eigenvalue weighted by Crippen LogP contribution is 2.29. The van der Waals surface area contributed by atoms with Gasteiger partial charge in [-0.25, -0.2) is 23.2 Å². The normalized spacial score (nSPS) is 18.9. The van der Waals surface area contributed by atoms with Crippen LogP contribution in [0.4, 0.5) is 16.3 Å². The molecule has 1 aromatic heterocycles. The highest BCUT2D eigenvalue weighted by atomic mass is 32.2. The van der Waals surface area contributed by atoms with E-state index in [1.54, 1.807) is 12.1 Å². The molecule has 4 rings (SSSR count). The van der Waals surface area contributed by atoms with Crippen molar-refractivity contribution in [3.05, 3.63) is 36.0 Å². The van der Waals surface area contributed by atoms with E-state index in [0.29, 0.717) is 49.3 Å². The SMILES string of the molecule is C[C@H]1COCCN1c1cc(CS(=O)(=O)C2CCCCC2)nc(-c2ccc(NC(=O)NCCN(C)C)cc2)n1. The summed E-state index contributed by atoms with van der Waals surface area (Å²) in [7, 11) is 0.580. The van der Waals surface area contributed by atoms with Crippen LogP contribution in [-0.4, -0.2) is 87.6 Å². The maximum atomic E-state index is 13.3. The zero-order valence-corrected chi connectivity index (χ0v) is 23.5. The third-order valence-corrected chi connectivity index (χ3v) is 9.27. The van der Waals surface area contributed by atoms with Crippen LogP contribution in [0.3, 0.4) is 0 Å². The maximum absolute atomic E-state index is 13.3. The van der Waals surface area contributed by atoms with E-state index in [1.165, 1.54) is 0 Å². The quantitative estimate of drug-likeness (QED) is 0.494. The molecule has 0 radical (unpaired) electrons. The first-order valence-corrected chi connectivity index (χ1v) is 15.2. The van der Waals surface area contributed by atoms with E-state index in [9.17, 15) is 13.2 Å². The van der Waals surface area contributed by atoms with Crippen molar-refractivity contribution in [3.8, 4) is 11.4 Å². The Hall–Kier alpha value is -2.76. The van der Waals surface area contributed by atoms with Crippen molar-refractivity contribution < 1.29 is 17.9 Å². The van der Waals surface area contributed by atoms with Crippen LogP contribution in [0.1, 0.15) is 44.7 Å². The zero-order chi connectivity index (χ0) is 27.1. The molecular weight excluding hydrogens is 504 g/mol. The Morgan fingerprint density at radius 2 is 1.87 bits per heavy atom. The van der Waals surface area contributed by atoms with Crippen molar-refractivity contribution in [1.82, 2.24) is 20.2 Å². The Balaban J connectivity index is 1.56. The van der Waals surface area contributed by atoms with Gasteiger partial charge in [-0.05, 0) is 58.1 Å². The van der Waals surface area contributed by atoms with Gasteiger partial charge in [0.2, 0.25) is 0 Å². The largest absolute Gasteiger partial charge is 0.377 e. The molecule has 0 spiro atoms. The molecule has 208 valence electrons. The zero-order valence-electron chi connectivity index (χ0n) is 22.6. The summed E-state index contributed by atoms with van der Waals surface area (Å²) in [4.78, 5) is 25.8. The predicted molar refractivity (Wildman–Crippen MR) is 150 cm³/mol. The smallest absolute Gasteiger partial charge is 0.319 e. The number of benzene rings is 1. The third kappa shape index (κ3) is 7.64. The highest BCUT2D eigenvalue weighted by Gasteiger charge is 2.29. The lowest BCUT2D eigenvalue weighted by atomic mass is 10.0. The first-order chi connectivity index (χ1) is 18.2. The Kier molecular flexibility index (Phi) is 9.56. The molecule has 0 unspecified atom stereocenters. The number of urea groups is 1. The van der Waals surface area contributed by atoms with Gasteiger partial charge in [0.25, 0.3) is 0 Å². The lowest BCUT2D eigenvalue weighted by molar-refractivity contribution is 0.0985. The molecule has 1 saturated heterocycles. The summed E-state index contributed by atoms with van der Waals surface area (Å²) in [5.74, 6) is 1.09. The molecule has 1 aliphatic heterocycles. The fourth-order valence-corrected chi connectivity index (χ4v) is 6.77. The summed E-state index contributed by atoms with van der Waals surface area (Å²) in [5, 5.41) is 5.36.